The van der Waals surface area contributed by atoms with Crippen LogP contribution < -0.4 is 15.4 Å². The molecule has 1 aromatic carbocycles. The molecule has 0 aromatic heterocycles. The highest BCUT2D eigenvalue weighted by atomic mass is 16.5. The van der Waals surface area contributed by atoms with Gasteiger partial charge in [0.1, 0.15) is 17.9 Å². The molecule has 0 saturated carbocycles. The number of nitrogens with one attached hydrogen (secondary N) is 2. The van der Waals surface area contributed by atoms with E-state index < -0.39 is 12.1 Å². The van der Waals surface area contributed by atoms with E-state index >= 15 is 0 Å². The predicted octanol–water partition coefficient (Wildman–Crippen LogP) is 2.27. The summed E-state index contributed by atoms with van der Waals surface area (Å²) in [6.45, 7) is 5.55. The second-order valence-corrected chi connectivity index (χ2v) is 6.08. The Labute approximate surface area is 149 Å². The lowest BCUT2D eigenvalue weighted by molar-refractivity contribution is -0.125. The molecule has 0 heterocycles. The number of rotatable bonds is 8. The quantitative estimate of drug-likeness (QED) is 0.749. The monoisotopic (exact) mass is 352 g/mol. The molecule has 0 fully saturated rings. The van der Waals surface area contributed by atoms with Crippen LogP contribution in [-0.4, -0.2) is 45.4 Å². The zero-order valence-corrected chi connectivity index (χ0v) is 15.7. The first-order valence-electron chi connectivity index (χ1n) is 8.15. The van der Waals surface area contributed by atoms with Crippen LogP contribution in [0.15, 0.2) is 24.3 Å². The van der Waals surface area contributed by atoms with E-state index in [1.807, 2.05) is 45.0 Å². The van der Waals surface area contributed by atoms with E-state index in [0.717, 1.165) is 11.3 Å². The largest absolute Gasteiger partial charge is 0.497 e. The van der Waals surface area contributed by atoms with E-state index in [0.29, 0.717) is 0 Å². The number of hydrogen-bond acceptors (Lipinski definition) is 5. The minimum Gasteiger partial charge on any atom is -0.497 e. The molecule has 0 aliphatic carbocycles. The van der Waals surface area contributed by atoms with Gasteiger partial charge in [-0.25, -0.2) is 4.79 Å². The van der Waals surface area contributed by atoms with Gasteiger partial charge in [0.15, 0.2) is 0 Å². The van der Waals surface area contributed by atoms with Crippen LogP contribution >= 0.6 is 0 Å². The highest BCUT2D eigenvalue weighted by Gasteiger charge is 2.28. The number of carbonyl (C=O) groups is 2. The van der Waals surface area contributed by atoms with Gasteiger partial charge in [-0.1, -0.05) is 26.0 Å². The van der Waals surface area contributed by atoms with Crippen LogP contribution in [0.3, 0.4) is 0 Å². The number of benzene rings is 1. The van der Waals surface area contributed by atoms with Crippen molar-refractivity contribution in [2.75, 3.05) is 21.3 Å². The maximum absolute atomic E-state index is 12.5. The molecule has 2 amide bonds. The van der Waals surface area contributed by atoms with Gasteiger partial charge in [-0.15, -0.1) is 0 Å². The summed E-state index contributed by atoms with van der Waals surface area (Å²) < 4.78 is 15.3. The topological polar surface area (TPSA) is 85.9 Å². The Hall–Kier alpha value is -2.28. The van der Waals surface area contributed by atoms with Gasteiger partial charge in [0.2, 0.25) is 5.91 Å². The molecule has 7 heteroatoms. The Morgan fingerprint density at radius 2 is 1.56 bits per heavy atom. The summed E-state index contributed by atoms with van der Waals surface area (Å²) in [6.07, 6.45) is -0.972. The number of carbonyl (C=O) groups excluding carboxylic acids is 2. The highest BCUT2D eigenvalue weighted by Crippen LogP contribution is 2.23. The summed E-state index contributed by atoms with van der Waals surface area (Å²) in [5.74, 6) is 0.370. The van der Waals surface area contributed by atoms with Gasteiger partial charge >= 0.3 is 6.09 Å². The van der Waals surface area contributed by atoms with Crippen molar-refractivity contribution in [3.05, 3.63) is 29.8 Å². The second kappa shape index (κ2) is 9.88. The Bertz CT molecular complexity index is 559. The molecular weight excluding hydrogens is 324 g/mol. The zero-order chi connectivity index (χ0) is 19.0. The summed E-state index contributed by atoms with van der Waals surface area (Å²) in [4.78, 5) is 24.0. The van der Waals surface area contributed by atoms with E-state index in [1.165, 1.54) is 7.11 Å². The maximum Gasteiger partial charge on any atom is 0.407 e. The fourth-order valence-corrected chi connectivity index (χ4v) is 2.53. The van der Waals surface area contributed by atoms with Gasteiger partial charge in [0.05, 0.1) is 20.3 Å². The van der Waals surface area contributed by atoms with Crippen LogP contribution in [0.5, 0.6) is 5.75 Å². The maximum atomic E-state index is 12.5. The van der Waals surface area contributed by atoms with Crippen molar-refractivity contribution in [1.82, 2.24) is 10.6 Å². The van der Waals surface area contributed by atoms with E-state index in [4.69, 9.17) is 9.47 Å². The predicted molar refractivity (Wildman–Crippen MR) is 94.5 cm³/mol. The van der Waals surface area contributed by atoms with Gasteiger partial charge in [0, 0.05) is 7.11 Å². The van der Waals surface area contributed by atoms with Gasteiger partial charge in [0.25, 0.3) is 0 Å². The molecule has 1 rings (SSSR count). The Kier molecular flexibility index (Phi) is 8.21. The summed E-state index contributed by atoms with van der Waals surface area (Å²) in [5.41, 5.74) is 0.915. The summed E-state index contributed by atoms with van der Waals surface area (Å²) in [7, 11) is 4.45. The SMILES string of the molecule is COC(=O)N[C@H](C(=O)N[C@H](C)[C@@H](OC)c1ccc(OC)cc1)C(C)C. The molecule has 0 aliphatic heterocycles. The molecule has 0 radical (unpaired) electrons. The minimum absolute atomic E-state index is 0.0896. The fraction of sp³-hybridized carbons (Fsp3) is 0.556. The van der Waals surface area contributed by atoms with Crippen LogP contribution in [0.2, 0.25) is 0 Å². The molecule has 0 aliphatic rings. The van der Waals surface area contributed by atoms with Crippen LogP contribution in [0.25, 0.3) is 0 Å². The molecule has 0 unspecified atom stereocenters. The van der Waals surface area contributed by atoms with Crippen molar-refractivity contribution in [3.8, 4) is 5.75 Å². The number of hydrogen-bond donors (Lipinski definition) is 2. The molecule has 3 atom stereocenters. The molecule has 0 saturated heterocycles. The first-order valence-corrected chi connectivity index (χ1v) is 8.15. The van der Waals surface area contributed by atoms with E-state index in [-0.39, 0.29) is 24.0 Å². The molecule has 25 heavy (non-hydrogen) atoms. The second-order valence-electron chi connectivity index (χ2n) is 6.08. The lowest BCUT2D eigenvalue weighted by Crippen LogP contribution is -2.52. The third-order valence-corrected chi connectivity index (χ3v) is 3.93. The average Bonchev–Trinajstić information content (AvgIpc) is 2.60. The van der Waals surface area contributed by atoms with Crippen LogP contribution in [0.1, 0.15) is 32.4 Å². The third kappa shape index (κ3) is 5.94. The number of methoxy groups -OCH3 is 3. The summed E-state index contributed by atoms with van der Waals surface area (Å²) in [5, 5.41) is 5.46. The molecule has 140 valence electrons. The van der Waals surface area contributed by atoms with Crippen molar-refractivity contribution in [2.24, 2.45) is 5.92 Å². The van der Waals surface area contributed by atoms with Crippen LogP contribution in [-0.2, 0) is 14.3 Å². The molecular formula is C18H28N2O5. The number of amides is 2. The zero-order valence-electron chi connectivity index (χ0n) is 15.7. The smallest absolute Gasteiger partial charge is 0.407 e. The fourth-order valence-electron chi connectivity index (χ4n) is 2.53. The third-order valence-electron chi connectivity index (χ3n) is 3.93. The molecule has 1 aromatic rings. The van der Waals surface area contributed by atoms with Crippen LogP contribution in [0.4, 0.5) is 4.79 Å². The normalized spacial score (nSPS) is 14.4. The highest BCUT2D eigenvalue weighted by molar-refractivity contribution is 5.86. The summed E-state index contributed by atoms with van der Waals surface area (Å²) >= 11 is 0. The number of alkyl carbamates (subject to hydrolysis) is 1. The van der Waals surface area contributed by atoms with Crippen molar-refractivity contribution in [1.29, 1.82) is 0 Å². The van der Waals surface area contributed by atoms with E-state index in [1.54, 1.807) is 14.2 Å². The van der Waals surface area contributed by atoms with Crippen molar-refractivity contribution < 1.29 is 23.8 Å². The van der Waals surface area contributed by atoms with Gasteiger partial charge in [-0.2, -0.15) is 0 Å². The minimum atomic E-state index is -0.691. The lowest BCUT2D eigenvalue weighted by atomic mass is 10.0. The first kappa shape index (κ1) is 20.8. The van der Waals surface area contributed by atoms with Crippen molar-refractivity contribution in [2.45, 2.75) is 39.0 Å². The standard InChI is InChI=1S/C18H28N2O5/c1-11(2)15(20-18(22)25-6)17(21)19-12(3)16(24-5)13-7-9-14(23-4)10-8-13/h7-12,15-16H,1-6H3,(H,19,21)(H,20,22)/t12-,15+,16-/m1/s1. The first-order chi connectivity index (χ1) is 11.8. The molecule has 0 bridgehead atoms. The van der Waals surface area contributed by atoms with Crippen molar-refractivity contribution in [3.63, 3.8) is 0 Å². The number of ether oxygens (including phenoxy) is 3. The van der Waals surface area contributed by atoms with Crippen LogP contribution in [0, 0.1) is 5.92 Å². The molecule has 0 spiro atoms. The average molecular weight is 352 g/mol. The molecule has 2 N–H and O–H groups in total. The van der Waals surface area contributed by atoms with E-state index in [2.05, 4.69) is 15.4 Å². The summed E-state index contributed by atoms with van der Waals surface area (Å²) in [6, 6.07) is 6.47. The van der Waals surface area contributed by atoms with Gasteiger partial charge in [-0.05, 0) is 30.5 Å². The molecule has 7 nitrogen and oxygen atoms in total. The Balaban J connectivity index is 2.82. The van der Waals surface area contributed by atoms with Gasteiger partial charge < -0.3 is 24.8 Å². The van der Waals surface area contributed by atoms with Gasteiger partial charge in [-0.3, -0.25) is 4.79 Å². The Morgan fingerprint density at radius 3 is 2.00 bits per heavy atom. The Morgan fingerprint density at radius 1 is 0.960 bits per heavy atom. The lowest BCUT2D eigenvalue weighted by Gasteiger charge is -2.27. The van der Waals surface area contributed by atoms with Crippen molar-refractivity contribution >= 4 is 12.0 Å². The van der Waals surface area contributed by atoms with E-state index in [9.17, 15) is 9.59 Å².